The van der Waals surface area contributed by atoms with Crippen LogP contribution in [0, 0.1) is 0 Å². The molecule has 2 aromatic rings. The first-order chi connectivity index (χ1) is 10.2. The van der Waals surface area contributed by atoms with Gasteiger partial charge in [-0.1, -0.05) is 0 Å². The zero-order valence-corrected chi connectivity index (χ0v) is 12.1. The van der Waals surface area contributed by atoms with Crippen LogP contribution in [0.5, 0.6) is 5.75 Å². The highest BCUT2D eigenvalue weighted by Crippen LogP contribution is 2.16. The molecule has 0 fully saturated rings. The van der Waals surface area contributed by atoms with E-state index in [1.165, 1.54) is 18.4 Å². The third-order valence-electron chi connectivity index (χ3n) is 2.36. The summed E-state index contributed by atoms with van der Waals surface area (Å²) in [6, 6.07) is 7.11. The van der Waals surface area contributed by atoms with Gasteiger partial charge in [-0.3, -0.25) is 5.43 Å². The molecule has 7 nitrogen and oxygen atoms in total. The van der Waals surface area contributed by atoms with Crippen LogP contribution in [0.25, 0.3) is 0 Å². The van der Waals surface area contributed by atoms with Crippen molar-refractivity contribution in [2.24, 2.45) is 5.10 Å². The summed E-state index contributed by atoms with van der Waals surface area (Å²) in [6.45, 7) is -0.114. The second-order valence-electron chi connectivity index (χ2n) is 3.88. The van der Waals surface area contributed by atoms with Crippen molar-refractivity contribution < 1.29 is 14.3 Å². The Hall–Kier alpha value is -2.61. The highest BCUT2D eigenvalue weighted by molar-refractivity contribution is 7.14. The van der Waals surface area contributed by atoms with Crippen molar-refractivity contribution in [2.45, 2.75) is 0 Å². The minimum Gasteiger partial charge on any atom is -0.482 e. The second-order valence-corrected chi connectivity index (χ2v) is 4.74. The van der Waals surface area contributed by atoms with E-state index < -0.39 is 5.97 Å². The number of carbonyl (C=O) groups excluding carboxylic acids is 1. The van der Waals surface area contributed by atoms with Gasteiger partial charge in [0.05, 0.1) is 13.3 Å². The van der Waals surface area contributed by atoms with Crippen LogP contribution in [-0.2, 0) is 9.53 Å². The Morgan fingerprint density at radius 1 is 1.48 bits per heavy atom. The predicted molar refractivity (Wildman–Crippen MR) is 81.7 cm³/mol. The van der Waals surface area contributed by atoms with Gasteiger partial charge in [-0.25, -0.2) is 9.78 Å². The molecule has 0 aliphatic carbocycles. The topological polar surface area (TPSA) is 98.8 Å². The van der Waals surface area contributed by atoms with Gasteiger partial charge in [-0.05, 0) is 29.8 Å². The van der Waals surface area contributed by atoms with Gasteiger partial charge in [-0.2, -0.15) is 5.10 Å². The van der Waals surface area contributed by atoms with Crippen molar-refractivity contribution in [2.75, 3.05) is 24.9 Å². The molecule has 0 atom stereocenters. The minimum atomic E-state index is -0.424. The molecule has 3 N–H and O–H groups in total. The molecule has 110 valence electrons. The maximum atomic E-state index is 10.9. The summed E-state index contributed by atoms with van der Waals surface area (Å²) in [6.07, 6.45) is 1.64. The number of hydrogen-bond donors (Lipinski definition) is 2. The lowest BCUT2D eigenvalue weighted by Gasteiger charge is -2.04. The van der Waals surface area contributed by atoms with Crippen LogP contribution in [0.2, 0.25) is 0 Å². The molecular weight excluding hydrogens is 292 g/mol. The Morgan fingerprint density at radius 3 is 2.86 bits per heavy atom. The number of benzene rings is 1. The van der Waals surface area contributed by atoms with Crippen molar-refractivity contribution in [1.29, 1.82) is 0 Å². The standard InChI is InChI=1S/C13H14N4O3S/c1-19-12(18)7-20-10-4-2-9(3-5-10)6-15-17-13-16-11(14)8-21-13/h2-6,8H,7,14H2,1H3,(H,16,17). The number of ether oxygens (including phenoxy) is 2. The SMILES string of the molecule is COC(=O)COc1ccc(C=NNc2nc(N)cs2)cc1. The van der Waals surface area contributed by atoms with Crippen molar-refractivity contribution in [3.8, 4) is 5.75 Å². The molecule has 1 heterocycles. The molecule has 2 rings (SSSR count). The smallest absolute Gasteiger partial charge is 0.343 e. The van der Waals surface area contributed by atoms with Crippen molar-refractivity contribution in [3.05, 3.63) is 35.2 Å². The van der Waals surface area contributed by atoms with Gasteiger partial charge >= 0.3 is 5.97 Å². The summed E-state index contributed by atoms with van der Waals surface area (Å²) >= 11 is 1.37. The summed E-state index contributed by atoms with van der Waals surface area (Å²) in [4.78, 5) is 15.0. The number of nitrogens with one attached hydrogen (secondary N) is 1. The van der Waals surface area contributed by atoms with Crippen LogP contribution >= 0.6 is 11.3 Å². The van der Waals surface area contributed by atoms with Gasteiger partial charge in [-0.15, -0.1) is 11.3 Å². The molecule has 0 spiro atoms. The van der Waals surface area contributed by atoms with Crippen molar-refractivity contribution in [1.82, 2.24) is 4.98 Å². The van der Waals surface area contributed by atoms with E-state index in [1.54, 1.807) is 23.7 Å². The Balaban J connectivity index is 1.85. The number of thiazole rings is 1. The average molecular weight is 306 g/mol. The summed E-state index contributed by atoms with van der Waals surface area (Å²) in [5.41, 5.74) is 9.15. The fourth-order valence-electron chi connectivity index (χ4n) is 1.35. The molecule has 8 heteroatoms. The Bertz CT molecular complexity index is 625. The lowest BCUT2D eigenvalue weighted by atomic mass is 10.2. The van der Waals surface area contributed by atoms with Gasteiger partial charge < -0.3 is 15.2 Å². The van der Waals surface area contributed by atoms with E-state index >= 15 is 0 Å². The number of carbonyl (C=O) groups is 1. The van der Waals surface area contributed by atoms with Crippen LogP contribution in [0.4, 0.5) is 10.9 Å². The molecule has 0 aliphatic heterocycles. The van der Waals surface area contributed by atoms with E-state index in [0.29, 0.717) is 16.7 Å². The fraction of sp³-hybridized carbons (Fsp3) is 0.154. The maximum Gasteiger partial charge on any atom is 0.343 e. The average Bonchev–Trinajstić information content (AvgIpc) is 2.91. The van der Waals surface area contributed by atoms with Gasteiger partial charge in [0, 0.05) is 5.38 Å². The number of hydrogen-bond acceptors (Lipinski definition) is 8. The maximum absolute atomic E-state index is 10.9. The van der Waals surface area contributed by atoms with E-state index in [2.05, 4.69) is 20.2 Å². The number of rotatable bonds is 6. The summed E-state index contributed by atoms with van der Waals surface area (Å²) in [5.74, 6) is 0.621. The van der Waals surface area contributed by atoms with E-state index in [4.69, 9.17) is 10.5 Å². The quantitative estimate of drug-likeness (QED) is 0.479. The molecule has 21 heavy (non-hydrogen) atoms. The van der Waals surface area contributed by atoms with Gasteiger partial charge in [0.25, 0.3) is 0 Å². The summed E-state index contributed by atoms with van der Waals surface area (Å²) < 4.78 is 9.72. The number of nitrogen functional groups attached to an aromatic ring is 1. The number of anilines is 2. The largest absolute Gasteiger partial charge is 0.482 e. The summed E-state index contributed by atoms with van der Waals surface area (Å²) in [7, 11) is 1.31. The molecule has 0 bridgehead atoms. The van der Waals surface area contributed by atoms with E-state index in [9.17, 15) is 4.79 Å². The molecule has 1 aromatic carbocycles. The number of nitrogens with zero attached hydrogens (tertiary/aromatic N) is 2. The molecule has 0 aliphatic rings. The van der Waals surface area contributed by atoms with E-state index in [1.807, 2.05) is 12.1 Å². The molecular formula is C13H14N4O3S. The highest BCUT2D eigenvalue weighted by atomic mass is 32.1. The molecule has 0 unspecified atom stereocenters. The van der Waals surface area contributed by atoms with Crippen LogP contribution in [0.15, 0.2) is 34.7 Å². The molecule has 0 amide bonds. The number of nitrogens with two attached hydrogens (primary N) is 1. The monoisotopic (exact) mass is 306 g/mol. The Labute approximate surface area is 125 Å². The molecule has 0 radical (unpaired) electrons. The van der Waals surface area contributed by atoms with Crippen LogP contribution in [0.3, 0.4) is 0 Å². The predicted octanol–water partition coefficient (Wildman–Crippen LogP) is 1.72. The first-order valence-corrected chi connectivity index (χ1v) is 6.85. The zero-order chi connectivity index (χ0) is 15.1. The van der Waals surface area contributed by atoms with Gasteiger partial charge in [0.1, 0.15) is 11.6 Å². The third-order valence-corrected chi connectivity index (χ3v) is 3.13. The minimum absolute atomic E-state index is 0.114. The van der Waals surface area contributed by atoms with Gasteiger partial charge in [0.2, 0.25) is 5.13 Å². The highest BCUT2D eigenvalue weighted by Gasteiger charge is 2.01. The first kappa shape index (κ1) is 14.8. The second kappa shape index (κ2) is 7.25. The van der Waals surface area contributed by atoms with Crippen LogP contribution in [-0.4, -0.2) is 30.9 Å². The van der Waals surface area contributed by atoms with Crippen molar-refractivity contribution >= 4 is 34.5 Å². The van der Waals surface area contributed by atoms with E-state index in [0.717, 1.165) is 5.56 Å². The van der Waals surface area contributed by atoms with Gasteiger partial charge in [0.15, 0.2) is 6.61 Å². The first-order valence-electron chi connectivity index (χ1n) is 5.97. The number of aromatic nitrogens is 1. The molecule has 0 saturated heterocycles. The summed E-state index contributed by atoms with van der Waals surface area (Å²) in [5, 5.41) is 6.40. The van der Waals surface area contributed by atoms with Crippen molar-refractivity contribution in [3.63, 3.8) is 0 Å². The lowest BCUT2D eigenvalue weighted by Crippen LogP contribution is -2.12. The zero-order valence-electron chi connectivity index (χ0n) is 11.3. The fourth-order valence-corrected chi connectivity index (χ4v) is 1.90. The molecule has 0 saturated carbocycles. The number of esters is 1. The Kier molecular flexibility index (Phi) is 5.10. The van der Waals surface area contributed by atoms with E-state index in [-0.39, 0.29) is 6.61 Å². The van der Waals surface area contributed by atoms with Crippen LogP contribution in [0.1, 0.15) is 5.56 Å². The molecule has 1 aromatic heterocycles. The third kappa shape index (κ3) is 4.77. The Morgan fingerprint density at radius 2 is 2.24 bits per heavy atom. The normalized spacial score (nSPS) is 10.5. The number of hydrazone groups is 1. The number of methoxy groups -OCH3 is 1. The lowest BCUT2D eigenvalue weighted by molar-refractivity contribution is -0.142. The van der Waals surface area contributed by atoms with Crippen LogP contribution < -0.4 is 15.9 Å².